The van der Waals surface area contributed by atoms with Crippen LogP contribution in [0.4, 0.5) is 24.5 Å². The van der Waals surface area contributed by atoms with Crippen LogP contribution < -0.4 is 11.1 Å². The number of alkyl halides is 3. The number of nitriles is 1. The predicted octanol–water partition coefficient (Wildman–Crippen LogP) is 2.81. The molecule has 3 nitrogen and oxygen atoms in total. The van der Waals surface area contributed by atoms with Gasteiger partial charge in [0.1, 0.15) is 6.07 Å². The van der Waals surface area contributed by atoms with E-state index in [0.717, 1.165) is 0 Å². The zero-order valence-electron chi connectivity index (χ0n) is 8.71. The molecule has 0 spiro atoms. The number of hydrogen-bond acceptors (Lipinski definition) is 4. The molecule has 0 atom stereocenters. The summed E-state index contributed by atoms with van der Waals surface area (Å²) >= 11 is -0.0863. The Morgan fingerprint density at radius 3 is 2.71 bits per heavy atom. The summed E-state index contributed by atoms with van der Waals surface area (Å²) in [5.41, 5.74) is 2.54. The van der Waals surface area contributed by atoms with Gasteiger partial charge < -0.3 is 11.1 Å². The van der Waals surface area contributed by atoms with Gasteiger partial charge in [-0.25, -0.2) is 0 Å². The third-order valence-corrected chi connectivity index (χ3v) is 2.61. The van der Waals surface area contributed by atoms with Crippen LogP contribution in [0.2, 0.25) is 0 Å². The van der Waals surface area contributed by atoms with Crippen LogP contribution in [0.1, 0.15) is 5.56 Å². The maximum absolute atomic E-state index is 11.8. The fourth-order valence-corrected chi connectivity index (χ4v) is 1.56. The van der Waals surface area contributed by atoms with E-state index in [0.29, 0.717) is 16.9 Å². The summed E-state index contributed by atoms with van der Waals surface area (Å²) in [4.78, 5) is 0. The average molecular weight is 261 g/mol. The number of nitrogens with two attached hydrogens (primary N) is 1. The molecule has 0 unspecified atom stereocenters. The Kier molecular flexibility index (Phi) is 4.52. The van der Waals surface area contributed by atoms with Gasteiger partial charge in [0.25, 0.3) is 0 Å². The van der Waals surface area contributed by atoms with E-state index >= 15 is 0 Å². The van der Waals surface area contributed by atoms with Crippen LogP contribution in [0.15, 0.2) is 18.2 Å². The summed E-state index contributed by atoms with van der Waals surface area (Å²) in [5, 5.41) is 11.5. The smallest absolute Gasteiger partial charge is 0.398 e. The zero-order chi connectivity index (χ0) is 12.9. The van der Waals surface area contributed by atoms with E-state index in [9.17, 15) is 13.2 Å². The van der Waals surface area contributed by atoms with Crippen LogP contribution in [-0.4, -0.2) is 17.8 Å². The van der Waals surface area contributed by atoms with Gasteiger partial charge in [-0.3, -0.25) is 0 Å². The number of nitrogen functional groups attached to an aromatic ring is 1. The molecule has 0 aliphatic heterocycles. The minimum atomic E-state index is -4.21. The normalized spacial score (nSPS) is 10.9. The maximum Gasteiger partial charge on any atom is 0.441 e. The zero-order valence-corrected chi connectivity index (χ0v) is 9.53. The Morgan fingerprint density at radius 2 is 2.12 bits per heavy atom. The second-order valence-electron chi connectivity index (χ2n) is 3.13. The van der Waals surface area contributed by atoms with Crippen molar-refractivity contribution in [3.63, 3.8) is 0 Å². The molecular formula is C10H10F3N3S. The molecule has 0 radical (unpaired) electrons. The Morgan fingerprint density at radius 1 is 1.41 bits per heavy atom. The SMILES string of the molecule is N#Cc1cc(NCCSC(F)(F)F)ccc1N. The number of halogens is 3. The minimum Gasteiger partial charge on any atom is -0.398 e. The first-order chi connectivity index (χ1) is 7.92. The van der Waals surface area contributed by atoms with Crippen molar-refractivity contribution in [3.8, 4) is 6.07 Å². The van der Waals surface area contributed by atoms with Crippen molar-refractivity contribution >= 4 is 23.1 Å². The lowest BCUT2D eigenvalue weighted by Gasteiger charge is -2.08. The highest BCUT2D eigenvalue weighted by molar-refractivity contribution is 8.00. The molecule has 0 aromatic heterocycles. The number of benzene rings is 1. The quantitative estimate of drug-likeness (QED) is 0.646. The van der Waals surface area contributed by atoms with Crippen molar-refractivity contribution < 1.29 is 13.2 Å². The molecule has 1 aromatic rings. The van der Waals surface area contributed by atoms with Gasteiger partial charge in [-0.1, -0.05) is 0 Å². The van der Waals surface area contributed by atoms with Gasteiger partial charge in [-0.2, -0.15) is 18.4 Å². The first-order valence-corrected chi connectivity index (χ1v) is 5.65. The summed E-state index contributed by atoms with van der Waals surface area (Å²) < 4.78 is 35.5. The summed E-state index contributed by atoms with van der Waals surface area (Å²) in [6.45, 7) is 0.166. The highest BCUT2D eigenvalue weighted by Gasteiger charge is 2.27. The van der Waals surface area contributed by atoms with Gasteiger partial charge in [-0.05, 0) is 30.0 Å². The van der Waals surface area contributed by atoms with Gasteiger partial charge in [0.2, 0.25) is 0 Å². The molecule has 0 heterocycles. The van der Waals surface area contributed by atoms with Gasteiger partial charge >= 0.3 is 5.51 Å². The number of nitrogens with zero attached hydrogens (tertiary/aromatic N) is 1. The largest absolute Gasteiger partial charge is 0.441 e. The topological polar surface area (TPSA) is 61.8 Å². The number of hydrogen-bond donors (Lipinski definition) is 2. The predicted molar refractivity (Wildman–Crippen MR) is 62.6 cm³/mol. The molecule has 0 saturated heterocycles. The molecule has 3 N–H and O–H groups in total. The molecule has 0 saturated carbocycles. The Hall–Kier alpha value is -1.55. The molecule has 0 aliphatic carbocycles. The van der Waals surface area contributed by atoms with E-state index in [1.54, 1.807) is 6.07 Å². The van der Waals surface area contributed by atoms with Crippen LogP contribution in [0, 0.1) is 11.3 Å². The monoisotopic (exact) mass is 261 g/mol. The lowest BCUT2D eigenvalue weighted by atomic mass is 10.2. The van der Waals surface area contributed by atoms with Crippen LogP contribution >= 0.6 is 11.8 Å². The first kappa shape index (κ1) is 13.5. The van der Waals surface area contributed by atoms with Crippen molar-refractivity contribution in [1.29, 1.82) is 5.26 Å². The number of nitrogens with one attached hydrogen (secondary N) is 1. The molecule has 17 heavy (non-hydrogen) atoms. The van der Waals surface area contributed by atoms with Gasteiger partial charge in [0.15, 0.2) is 0 Å². The summed E-state index contributed by atoms with van der Waals surface area (Å²) in [7, 11) is 0. The maximum atomic E-state index is 11.8. The average Bonchev–Trinajstić information content (AvgIpc) is 2.25. The standard InChI is InChI=1S/C10H10F3N3S/c11-10(12,13)17-4-3-16-8-1-2-9(15)7(5-8)6-14/h1-2,5,16H,3-4,15H2. The fourth-order valence-electron chi connectivity index (χ4n) is 1.13. The summed E-state index contributed by atoms with van der Waals surface area (Å²) in [5.74, 6) is -0.0875. The third kappa shape index (κ3) is 4.87. The second kappa shape index (κ2) is 5.68. The van der Waals surface area contributed by atoms with E-state index in [-0.39, 0.29) is 24.1 Å². The molecule has 1 aromatic carbocycles. The lowest BCUT2D eigenvalue weighted by molar-refractivity contribution is -0.0327. The lowest BCUT2D eigenvalue weighted by Crippen LogP contribution is -2.09. The van der Waals surface area contributed by atoms with Gasteiger partial charge in [0, 0.05) is 23.7 Å². The molecule has 92 valence electrons. The molecule has 7 heteroatoms. The number of anilines is 2. The Labute approximate surface area is 101 Å². The number of rotatable bonds is 4. The molecule has 0 aliphatic rings. The highest BCUT2D eigenvalue weighted by atomic mass is 32.2. The fraction of sp³-hybridized carbons (Fsp3) is 0.300. The Bertz CT molecular complexity index is 426. The summed E-state index contributed by atoms with van der Waals surface area (Å²) in [6.07, 6.45) is 0. The molecule has 0 amide bonds. The van der Waals surface area contributed by atoms with Crippen molar-refractivity contribution in [3.05, 3.63) is 23.8 Å². The summed E-state index contributed by atoms with van der Waals surface area (Å²) in [6, 6.07) is 6.57. The van der Waals surface area contributed by atoms with Crippen molar-refractivity contribution in [1.82, 2.24) is 0 Å². The van der Waals surface area contributed by atoms with Gasteiger partial charge in [-0.15, -0.1) is 0 Å². The van der Waals surface area contributed by atoms with Crippen molar-refractivity contribution in [2.24, 2.45) is 0 Å². The van der Waals surface area contributed by atoms with E-state index < -0.39 is 5.51 Å². The Balaban J connectivity index is 2.45. The van der Waals surface area contributed by atoms with E-state index in [1.165, 1.54) is 12.1 Å². The van der Waals surface area contributed by atoms with Crippen LogP contribution in [-0.2, 0) is 0 Å². The van der Waals surface area contributed by atoms with E-state index in [4.69, 9.17) is 11.0 Å². The molecule has 0 bridgehead atoms. The first-order valence-electron chi connectivity index (χ1n) is 4.66. The van der Waals surface area contributed by atoms with Crippen LogP contribution in [0.5, 0.6) is 0 Å². The molecular weight excluding hydrogens is 251 g/mol. The van der Waals surface area contributed by atoms with E-state index in [1.807, 2.05) is 6.07 Å². The van der Waals surface area contributed by atoms with E-state index in [2.05, 4.69) is 5.32 Å². The van der Waals surface area contributed by atoms with Crippen LogP contribution in [0.3, 0.4) is 0 Å². The second-order valence-corrected chi connectivity index (χ2v) is 4.29. The minimum absolute atomic E-state index is 0.0863. The number of thioether (sulfide) groups is 1. The van der Waals surface area contributed by atoms with Crippen molar-refractivity contribution in [2.75, 3.05) is 23.3 Å². The molecule has 0 fully saturated rings. The third-order valence-electron chi connectivity index (χ3n) is 1.87. The van der Waals surface area contributed by atoms with Crippen LogP contribution in [0.25, 0.3) is 0 Å². The van der Waals surface area contributed by atoms with Gasteiger partial charge in [0.05, 0.1) is 5.56 Å². The molecule has 1 rings (SSSR count). The highest BCUT2D eigenvalue weighted by Crippen LogP contribution is 2.29. The van der Waals surface area contributed by atoms with Crippen molar-refractivity contribution in [2.45, 2.75) is 5.51 Å².